The van der Waals surface area contributed by atoms with Gasteiger partial charge in [-0.1, -0.05) is 0 Å². The van der Waals surface area contributed by atoms with Gasteiger partial charge in [0.25, 0.3) is 0 Å². The number of nitrogens with two attached hydrogens (primary N) is 1. The van der Waals surface area contributed by atoms with E-state index in [1.165, 1.54) is 30.5 Å². The second kappa shape index (κ2) is 7.62. The fraction of sp³-hybridized carbons (Fsp3) is 0.286. The second-order valence-electron chi connectivity index (χ2n) is 7.30. The summed E-state index contributed by atoms with van der Waals surface area (Å²) in [5.41, 5.74) is 7.17. The van der Waals surface area contributed by atoms with Gasteiger partial charge in [-0.05, 0) is 48.7 Å². The Labute approximate surface area is 166 Å². The molecule has 29 heavy (non-hydrogen) atoms. The Morgan fingerprint density at radius 2 is 2.07 bits per heavy atom. The Hall–Kier alpha value is -3.29. The van der Waals surface area contributed by atoms with Crippen molar-refractivity contribution in [3.63, 3.8) is 0 Å². The first-order valence-corrected chi connectivity index (χ1v) is 9.40. The van der Waals surface area contributed by atoms with Crippen LogP contribution in [-0.4, -0.2) is 31.1 Å². The molecule has 8 heteroatoms. The van der Waals surface area contributed by atoms with Crippen LogP contribution in [0.15, 0.2) is 41.4 Å². The van der Waals surface area contributed by atoms with Crippen LogP contribution in [-0.2, 0) is 9.59 Å². The Morgan fingerprint density at radius 3 is 2.83 bits per heavy atom. The highest BCUT2D eigenvalue weighted by molar-refractivity contribution is 6.12. The van der Waals surface area contributed by atoms with Crippen molar-refractivity contribution in [1.29, 1.82) is 0 Å². The van der Waals surface area contributed by atoms with E-state index in [0.29, 0.717) is 42.1 Å². The molecule has 4 rings (SSSR count). The lowest BCUT2D eigenvalue weighted by Crippen LogP contribution is -2.41. The van der Waals surface area contributed by atoms with Crippen LogP contribution in [0, 0.1) is 17.6 Å². The van der Waals surface area contributed by atoms with E-state index in [1.807, 2.05) is 4.90 Å². The molecule has 6 nitrogen and oxygen atoms in total. The molecule has 2 atom stereocenters. The van der Waals surface area contributed by atoms with Gasteiger partial charge in [-0.2, -0.15) is 0 Å². The van der Waals surface area contributed by atoms with E-state index in [1.54, 1.807) is 12.1 Å². The minimum atomic E-state index is -0.734. The standard InChI is InChI=1S/C21H20F2N4O2/c22-13-3-5-18-15(8-13)16(21(29)26-18)10-25-14-4-6-19(17(23)9-14)27-7-1-2-12(11-27)20(24)28/h3-6,8-10,12,16H,1-2,7,11H2,(H2,24,28)(H,26,29). The molecule has 1 saturated heterocycles. The Bertz CT molecular complexity index is 1010. The lowest BCUT2D eigenvalue weighted by molar-refractivity contribution is -0.122. The first-order valence-electron chi connectivity index (χ1n) is 9.40. The van der Waals surface area contributed by atoms with Crippen molar-refractivity contribution in [2.45, 2.75) is 18.8 Å². The highest BCUT2D eigenvalue weighted by Gasteiger charge is 2.29. The van der Waals surface area contributed by atoms with Crippen molar-refractivity contribution in [1.82, 2.24) is 0 Å². The Balaban J connectivity index is 1.53. The summed E-state index contributed by atoms with van der Waals surface area (Å²) >= 11 is 0. The molecule has 0 radical (unpaired) electrons. The number of carbonyl (C=O) groups excluding carboxylic acids is 2. The third-order valence-electron chi connectivity index (χ3n) is 5.36. The van der Waals surface area contributed by atoms with E-state index in [9.17, 15) is 18.4 Å². The molecule has 2 aliphatic rings. The van der Waals surface area contributed by atoms with E-state index < -0.39 is 17.6 Å². The number of primary amides is 1. The van der Waals surface area contributed by atoms with Crippen LogP contribution in [0.5, 0.6) is 0 Å². The predicted molar refractivity (Wildman–Crippen MR) is 106 cm³/mol. The lowest BCUT2D eigenvalue weighted by atomic mass is 9.97. The van der Waals surface area contributed by atoms with Gasteiger partial charge in [0, 0.05) is 31.1 Å². The molecule has 2 aromatic carbocycles. The van der Waals surface area contributed by atoms with Crippen LogP contribution in [0.1, 0.15) is 24.3 Å². The average Bonchev–Trinajstić information content (AvgIpc) is 3.01. The van der Waals surface area contributed by atoms with E-state index in [4.69, 9.17) is 5.73 Å². The van der Waals surface area contributed by atoms with Gasteiger partial charge in [0.1, 0.15) is 17.6 Å². The minimum absolute atomic E-state index is 0.290. The van der Waals surface area contributed by atoms with Crippen LogP contribution < -0.4 is 16.0 Å². The molecule has 2 aromatic rings. The van der Waals surface area contributed by atoms with Crippen LogP contribution in [0.3, 0.4) is 0 Å². The Kier molecular flexibility index (Phi) is 5.00. The number of aliphatic imine (C=N–C) groups is 1. The third-order valence-corrected chi connectivity index (χ3v) is 5.36. The van der Waals surface area contributed by atoms with Crippen molar-refractivity contribution < 1.29 is 18.4 Å². The summed E-state index contributed by atoms with van der Waals surface area (Å²) in [4.78, 5) is 29.6. The predicted octanol–water partition coefficient (Wildman–Crippen LogP) is 3.10. The van der Waals surface area contributed by atoms with Crippen LogP contribution in [0.25, 0.3) is 0 Å². The van der Waals surface area contributed by atoms with E-state index in [-0.39, 0.29) is 17.7 Å². The number of anilines is 2. The number of hydrogen-bond donors (Lipinski definition) is 2. The van der Waals surface area contributed by atoms with Crippen molar-refractivity contribution in [2.24, 2.45) is 16.6 Å². The molecular formula is C21H20F2N4O2. The van der Waals surface area contributed by atoms with Gasteiger partial charge in [0.2, 0.25) is 11.8 Å². The SMILES string of the molecule is NC(=O)C1CCCN(c2ccc(N=CC3C(=O)Nc4ccc(F)cc43)cc2F)C1. The van der Waals surface area contributed by atoms with E-state index >= 15 is 0 Å². The normalized spacial score (nSPS) is 21.3. The number of hydrogen-bond acceptors (Lipinski definition) is 4. The molecule has 2 heterocycles. The van der Waals surface area contributed by atoms with Gasteiger partial charge in [-0.25, -0.2) is 8.78 Å². The number of piperidine rings is 1. The second-order valence-corrected chi connectivity index (χ2v) is 7.30. The molecule has 3 N–H and O–H groups in total. The summed E-state index contributed by atoms with van der Waals surface area (Å²) in [6.07, 6.45) is 2.86. The van der Waals surface area contributed by atoms with Gasteiger partial charge in [0.05, 0.1) is 17.3 Å². The van der Waals surface area contributed by atoms with Gasteiger partial charge in [-0.15, -0.1) is 0 Å². The van der Waals surface area contributed by atoms with Gasteiger partial charge in [0.15, 0.2) is 0 Å². The number of nitrogens with zero attached hydrogens (tertiary/aromatic N) is 2. The number of fused-ring (bicyclic) bond motifs is 1. The number of amides is 2. The van der Waals surface area contributed by atoms with Crippen LogP contribution in [0.2, 0.25) is 0 Å². The number of halogens is 2. The molecule has 0 spiro atoms. The molecular weight excluding hydrogens is 378 g/mol. The number of rotatable bonds is 4. The summed E-state index contributed by atoms with van der Waals surface area (Å²) < 4.78 is 28.2. The average molecular weight is 398 g/mol. The number of benzene rings is 2. The Morgan fingerprint density at radius 1 is 1.24 bits per heavy atom. The fourth-order valence-corrected chi connectivity index (χ4v) is 3.83. The summed E-state index contributed by atoms with van der Waals surface area (Å²) in [5.74, 6) is -2.61. The van der Waals surface area contributed by atoms with Gasteiger partial charge in [-0.3, -0.25) is 14.6 Å². The monoisotopic (exact) mass is 398 g/mol. The molecule has 0 aliphatic carbocycles. The van der Waals surface area contributed by atoms with Gasteiger partial charge < -0.3 is 16.0 Å². The van der Waals surface area contributed by atoms with Crippen molar-refractivity contribution >= 4 is 35.1 Å². The molecule has 0 aromatic heterocycles. The zero-order chi connectivity index (χ0) is 20.5. The highest BCUT2D eigenvalue weighted by Crippen LogP contribution is 2.33. The zero-order valence-corrected chi connectivity index (χ0v) is 15.6. The van der Waals surface area contributed by atoms with Crippen molar-refractivity contribution in [2.75, 3.05) is 23.3 Å². The van der Waals surface area contributed by atoms with Crippen molar-refractivity contribution in [3.05, 3.63) is 53.6 Å². The van der Waals surface area contributed by atoms with E-state index in [0.717, 1.165) is 6.42 Å². The minimum Gasteiger partial charge on any atom is -0.369 e. The third kappa shape index (κ3) is 3.83. The summed E-state index contributed by atoms with van der Waals surface area (Å²) in [7, 11) is 0. The lowest BCUT2D eigenvalue weighted by Gasteiger charge is -2.33. The van der Waals surface area contributed by atoms with E-state index in [2.05, 4.69) is 10.3 Å². The molecule has 0 bridgehead atoms. The molecule has 2 unspecified atom stereocenters. The zero-order valence-electron chi connectivity index (χ0n) is 15.6. The topological polar surface area (TPSA) is 87.8 Å². The maximum atomic E-state index is 14.7. The van der Waals surface area contributed by atoms with Crippen LogP contribution >= 0.6 is 0 Å². The summed E-state index contributed by atoms with van der Waals surface area (Å²) in [5, 5.41) is 2.67. The maximum Gasteiger partial charge on any atom is 0.237 e. The van der Waals surface area contributed by atoms with Crippen molar-refractivity contribution in [3.8, 4) is 0 Å². The molecule has 1 fully saturated rings. The maximum absolute atomic E-state index is 14.7. The largest absolute Gasteiger partial charge is 0.369 e. The quantitative estimate of drug-likeness (QED) is 0.776. The number of nitrogens with one attached hydrogen (secondary N) is 1. The highest BCUT2D eigenvalue weighted by atomic mass is 19.1. The molecule has 2 amide bonds. The molecule has 2 aliphatic heterocycles. The number of carbonyl (C=O) groups is 2. The fourth-order valence-electron chi connectivity index (χ4n) is 3.83. The summed E-state index contributed by atoms with van der Waals surface area (Å²) in [6.45, 7) is 1.04. The van der Waals surface area contributed by atoms with Crippen LogP contribution in [0.4, 0.5) is 25.8 Å². The molecule has 0 saturated carbocycles. The first-order chi connectivity index (χ1) is 13.9. The molecule has 150 valence electrons. The smallest absolute Gasteiger partial charge is 0.237 e. The van der Waals surface area contributed by atoms with Gasteiger partial charge >= 0.3 is 0 Å². The first kappa shape index (κ1) is 19.0. The summed E-state index contributed by atoms with van der Waals surface area (Å²) in [6, 6.07) is 8.59.